The second kappa shape index (κ2) is 6.26. The van der Waals surface area contributed by atoms with E-state index in [0.29, 0.717) is 12.0 Å². The van der Waals surface area contributed by atoms with E-state index in [4.69, 9.17) is 0 Å². The summed E-state index contributed by atoms with van der Waals surface area (Å²) in [5.41, 5.74) is 0.832. The third-order valence-electron chi connectivity index (χ3n) is 4.59. The first-order valence-corrected chi connectivity index (χ1v) is 8.77. The highest BCUT2D eigenvalue weighted by Gasteiger charge is 2.28. The van der Waals surface area contributed by atoms with Crippen LogP contribution in [-0.4, -0.2) is 45.3 Å². The second-order valence-corrected chi connectivity index (χ2v) is 6.68. The number of aromatic nitrogens is 3. The number of H-pyrrole nitrogens is 1. The predicted octanol–water partition coefficient (Wildman–Crippen LogP) is 3.00. The zero-order valence-electron chi connectivity index (χ0n) is 14.2. The summed E-state index contributed by atoms with van der Waals surface area (Å²) in [4.78, 5) is 12.4. The summed E-state index contributed by atoms with van der Waals surface area (Å²) in [6.07, 6.45) is 5.46. The number of nitrogens with zero attached hydrogens (tertiary/aromatic N) is 5. The van der Waals surface area contributed by atoms with Crippen LogP contribution in [0.25, 0.3) is 11.0 Å². The SMILES string of the molecule is CCCN1CC(Nc2nc(N[C@@H](C)C3CC3)c3cc[nH]c3n2)N=N1. The van der Waals surface area contributed by atoms with Gasteiger partial charge in [-0.15, -0.1) is 5.11 Å². The molecule has 2 aliphatic rings. The average Bonchev–Trinajstić information content (AvgIpc) is 3.16. The molecule has 1 aliphatic carbocycles. The molecule has 0 amide bonds. The molecule has 24 heavy (non-hydrogen) atoms. The Bertz CT molecular complexity index is 735. The van der Waals surface area contributed by atoms with Crippen molar-refractivity contribution in [1.29, 1.82) is 0 Å². The molecule has 0 spiro atoms. The summed E-state index contributed by atoms with van der Waals surface area (Å²) in [5, 5.41) is 18.3. The van der Waals surface area contributed by atoms with Crippen molar-refractivity contribution >= 4 is 22.8 Å². The van der Waals surface area contributed by atoms with Crippen molar-refractivity contribution in [1.82, 2.24) is 20.0 Å². The van der Waals surface area contributed by atoms with Gasteiger partial charge in [-0.1, -0.05) is 12.1 Å². The Morgan fingerprint density at radius 1 is 1.38 bits per heavy atom. The van der Waals surface area contributed by atoms with Crippen LogP contribution in [0.1, 0.15) is 33.1 Å². The molecule has 1 fully saturated rings. The van der Waals surface area contributed by atoms with Crippen LogP contribution in [0.5, 0.6) is 0 Å². The Morgan fingerprint density at radius 3 is 3.04 bits per heavy atom. The smallest absolute Gasteiger partial charge is 0.228 e. The van der Waals surface area contributed by atoms with Gasteiger partial charge in [0.2, 0.25) is 5.95 Å². The minimum Gasteiger partial charge on any atom is -0.367 e. The molecule has 8 nitrogen and oxygen atoms in total. The second-order valence-electron chi connectivity index (χ2n) is 6.68. The largest absolute Gasteiger partial charge is 0.367 e. The molecule has 1 unspecified atom stereocenters. The number of nitrogens with one attached hydrogen (secondary N) is 3. The van der Waals surface area contributed by atoms with Crippen LogP contribution in [0, 0.1) is 5.92 Å². The first kappa shape index (κ1) is 15.2. The molecule has 0 bridgehead atoms. The molecule has 8 heteroatoms. The van der Waals surface area contributed by atoms with Crippen molar-refractivity contribution in [2.24, 2.45) is 16.3 Å². The van der Waals surface area contributed by atoms with Gasteiger partial charge in [0, 0.05) is 18.8 Å². The fourth-order valence-corrected chi connectivity index (χ4v) is 3.07. The van der Waals surface area contributed by atoms with E-state index in [-0.39, 0.29) is 6.17 Å². The number of aromatic amines is 1. The molecule has 128 valence electrons. The third-order valence-corrected chi connectivity index (χ3v) is 4.59. The quantitative estimate of drug-likeness (QED) is 0.726. The van der Waals surface area contributed by atoms with Gasteiger partial charge >= 0.3 is 0 Å². The van der Waals surface area contributed by atoms with Gasteiger partial charge in [-0.2, -0.15) is 9.97 Å². The van der Waals surface area contributed by atoms with E-state index in [1.165, 1.54) is 12.8 Å². The standard InChI is InChI=1S/C16H24N8/c1-3-8-24-9-13(22-23-24)19-16-20-14-12(6-7-17-14)15(21-16)18-10(2)11-4-5-11/h6-7,10-11,13H,3-5,8-9H2,1-2H3,(H3,17,18,19,20,21)/t10-,13?/m0/s1. The normalized spacial score (nSPS) is 21.4. The predicted molar refractivity (Wildman–Crippen MR) is 93.8 cm³/mol. The Balaban J connectivity index is 1.52. The molecule has 0 saturated heterocycles. The van der Waals surface area contributed by atoms with Crippen LogP contribution in [0.4, 0.5) is 11.8 Å². The zero-order valence-corrected chi connectivity index (χ0v) is 14.2. The Kier molecular flexibility index (Phi) is 3.95. The first-order chi connectivity index (χ1) is 11.7. The summed E-state index contributed by atoms with van der Waals surface area (Å²) in [5.74, 6) is 2.22. The monoisotopic (exact) mass is 328 g/mol. The van der Waals surface area contributed by atoms with Crippen molar-refractivity contribution in [3.63, 3.8) is 0 Å². The van der Waals surface area contributed by atoms with Gasteiger partial charge in [0.1, 0.15) is 11.5 Å². The molecule has 0 radical (unpaired) electrons. The van der Waals surface area contributed by atoms with Crippen molar-refractivity contribution in [3.05, 3.63) is 12.3 Å². The zero-order chi connectivity index (χ0) is 16.5. The minimum absolute atomic E-state index is 0.0994. The number of hydrogen-bond acceptors (Lipinski definition) is 7. The number of fused-ring (bicyclic) bond motifs is 1. The summed E-state index contributed by atoms with van der Waals surface area (Å²) in [6.45, 7) is 6.03. The Morgan fingerprint density at radius 2 is 2.25 bits per heavy atom. The van der Waals surface area contributed by atoms with Crippen molar-refractivity contribution < 1.29 is 0 Å². The maximum atomic E-state index is 4.68. The number of hydrogen-bond donors (Lipinski definition) is 3. The maximum Gasteiger partial charge on any atom is 0.228 e. The fourth-order valence-electron chi connectivity index (χ4n) is 3.07. The lowest BCUT2D eigenvalue weighted by Gasteiger charge is -2.16. The first-order valence-electron chi connectivity index (χ1n) is 8.77. The lowest BCUT2D eigenvalue weighted by Crippen LogP contribution is -2.28. The molecular formula is C16H24N8. The van der Waals surface area contributed by atoms with Gasteiger partial charge in [0.05, 0.1) is 11.9 Å². The summed E-state index contributed by atoms with van der Waals surface area (Å²) in [7, 11) is 0. The Hall–Kier alpha value is -2.38. The van der Waals surface area contributed by atoms with Crippen LogP contribution in [0.15, 0.2) is 22.6 Å². The fraction of sp³-hybridized carbons (Fsp3) is 0.625. The molecule has 2 aromatic rings. The van der Waals surface area contributed by atoms with Gasteiger partial charge < -0.3 is 15.6 Å². The minimum atomic E-state index is -0.0994. The van der Waals surface area contributed by atoms with Crippen LogP contribution >= 0.6 is 0 Å². The lowest BCUT2D eigenvalue weighted by molar-refractivity contribution is 0.312. The highest BCUT2D eigenvalue weighted by Crippen LogP contribution is 2.34. The topological polar surface area (TPSA) is 93.6 Å². The molecule has 2 atom stereocenters. The van der Waals surface area contributed by atoms with Gasteiger partial charge in [0.15, 0.2) is 6.17 Å². The van der Waals surface area contributed by atoms with Crippen LogP contribution in [0.2, 0.25) is 0 Å². The molecule has 1 aliphatic heterocycles. The molecule has 3 N–H and O–H groups in total. The molecule has 0 aromatic carbocycles. The van der Waals surface area contributed by atoms with E-state index in [1.54, 1.807) is 0 Å². The van der Waals surface area contributed by atoms with E-state index < -0.39 is 0 Å². The lowest BCUT2D eigenvalue weighted by atomic mass is 10.2. The van der Waals surface area contributed by atoms with E-state index >= 15 is 0 Å². The van der Waals surface area contributed by atoms with Gasteiger partial charge in [-0.25, -0.2) is 0 Å². The van der Waals surface area contributed by atoms with Crippen LogP contribution in [0.3, 0.4) is 0 Å². The third kappa shape index (κ3) is 3.13. The molecule has 1 saturated carbocycles. The maximum absolute atomic E-state index is 4.68. The van der Waals surface area contributed by atoms with Crippen LogP contribution in [-0.2, 0) is 0 Å². The molecule has 2 aromatic heterocycles. The van der Waals surface area contributed by atoms with Crippen molar-refractivity contribution in [2.75, 3.05) is 23.7 Å². The molecule has 3 heterocycles. The van der Waals surface area contributed by atoms with Gasteiger partial charge in [-0.05, 0) is 38.2 Å². The van der Waals surface area contributed by atoms with Gasteiger partial charge in [-0.3, -0.25) is 5.01 Å². The highest BCUT2D eigenvalue weighted by molar-refractivity contribution is 5.88. The van der Waals surface area contributed by atoms with Crippen molar-refractivity contribution in [2.45, 2.75) is 45.3 Å². The average molecular weight is 328 g/mol. The summed E-state index contributed by atoms with van der Waals surface area (Å²) >= 11 is 0. The van der Waals surface area contributed by atoms with E-state index in [0.717, 1.165) is 42.3 Å². The van der Waals surface area contributed by atoms with Crippen molar-refractivity contribution in [3.8, 4) is 0 Å². The molecule has 4 rings (SSSR count). The number of anilines is 2. The van der Waals surface area contributed by atoms with E-state index in [1.807, 2.05) is 17.3 Å². The summed E-state index contributed by atoms with van der Waals surface area (Å²) < 4.78 is 0. The van der Waals surface area contributed by atoms with Crippen LogP contribution < -0.4 is 10.6 Å². The summed E-state index contributed by atoms with van der Waals surface area (Å²) in [6, 6.07) is 2.44. The highest BCUT2D eigenvalue weighted by atomic mass is 15.6. The molecular weight excluding hydrogens is 304 g/mol. The Labute approximate surface area is 141 Å². The van der Waals surface area contributed by atoms with Gasteiger partial charge in [0.25, 0.3) is 0 Å². The number of rotatable bonds is 7. The van der Waals surface area contributed by atoms with E-state index in [9.17, 15) is 0 Å². The van der Waals surface area contributed by atoms with E-state index in [2.05, 4.69) is 49.8 Å².